The number of nitrogens with zero attached hydrogens (tertiary/aromatic N) is 3. The summed E-state index contributed by atoms with van der Waals surface area (Å²) >= 11 is 0. The molecule has 2 aromatic rings. The Labute approximate surface area is 98.5 Å². The molecule has 1 N–H and O–H groups in total. The minimum Gasteiger partial charge on any atom is -0.478 e. The highest BCUT2D eigenvalue weighted by atomic mass is 19.4. The van der Waals surface area contributed by atoms with Gasteiger partial charge < -0.3 is 5.11 Å². The van der Waals surface area contributed by atoms with Crippen molar-refractivity contribution in [3.05, 3.63) is 41.7 Å². The number of carboxylic acid groups (broad SMARTS) is 1. The van der Waals surface area contributed by atoms with Crippen LogP contribution in [-0.2, 0) is 6.18 Å². The van der Waals surface area contributed by atoms with E-state index >= 15 is 0 Å². The van der Waals surface area contributed by atoms with Gasteiger partial charge in [0, 0.05) is 0 Å². The van der Waals surface area contributed by atoms with Crippen molar-refractivity contribution >= 4 is 5.97 Å². The molecule has 2 rings (SSSR count). The van der Waals surface area contributed by atoms with E-state index in [0.29, 0.717) is 0 Å². The fraction of sp³-hybridized carbons (Fsp3) is 0.100. The van der Waals surface area contributed by atoms with Crippen molar-refractivity contribution in [1.29, 1.82) is 0 Å². The van der Waals surface area contributed by atoms with Crippen molar-refractivity contribution in [3.63, 3.8) is 0 Å². The van der Waals surface area contributed by atoms with Gasteiger partial charge in [0.2, 0.25) is 0 Å². The highest BCUT2D eigenvalue weighted by Crippen LogP contribution is 2.33. The van der Waals surface area contributed by atoms with E-state index in [-0.39, 0.29) is 5.69 Å². The standard InChI is InChI=1S/C10H6F3N3O2/c11-10(12,13)8-5-6(16-4-3-14-15-16)1-2-7(8)9(17)18/h1-5H,(H,17,18). The summed E-state index contributed by atoms with van der Waals surface area (Å²) in [6, 6.07) is 2.84. The number of hydrogen-bond donors (Lipinski definition) is 1. The van der Waals surface area contributed by atoms with Gasteiger partial charge in [-0.25, -0.2) is 9.48 Å². The molecule has 1 aromatic heterocycles. The van der Waals surface area contributed by atoms with Gasteiger partial charge >= 0.3 is 12.1 Å². The first-order chi connectivity index (χ1) is 8.39. The summed E-state index contributed by atoms with van der Waals surface area (Å²) < 4.78 is 39.3. The number of carbonyl (C=O) groups is 1. The van der Waals surface area contributed by atoms with Gasteiger partial charge in [-0.1, -0.05) is 5.21 Å². The van der Waals surface area contributed by atoms with E-state index in [0.717, 1.165) is 16.8 Å². The van der Waals surface area contributed by atoms with Crippen LogP contribution in [0.15, 0.2) is 30.6 Å². The average molecular weight is 257 g/mol. The monoisotopic (exact) mass is 257 g/mol. The summed E-state index contributed by atoms with van der Waals surface area (Å²) in [6.45, 7) is 0. The van der Waals surface area contributed by atoms with Gasteiger partial charge in [-0.2, -0.15) is 13.2 Å². The number of aromatic nitrogens is 3. The lowest BCUT2D eigenvalue weighted by molar-refractivity contribution is -0.138. The Bertz CT molecular complexity index is 579. The zero-order valence-corrected chi connectivity index (χ0v) is 8.72. The molecule has 0 bridgehead atoms. The number of hydrogen-bond acceptors (Lipinski definition) is 3. The van der Waals surface area contributed by atoms with Crippen molar-refractivity contribution in [2.75, 3.05) is 0 Å². The van der Waals surface area contributed by atoms with Gasteiger partial charge in [-0.3, -0.25) is 0 Å². The Morgan fingerprint density at radius 3 is 2.56 bits per heavy atom. The maximum atomic E-state index is 12.7. The molecular weight excluding hydrogens is 251 g/mol. The van der Waals surface area contributed by atoms with Crippen molar-refractivity contribution in [2.24, 2.45) is 0 Å². The first-order valence-electron chi connectivity index (χ1n) is 4.71. The van der Waals surface area contributed by atoms with E-state index in [9.17, 15) is 18.0 Å². The van der Waals surface area contributed by atoms with Crippen molar-refractivity contribution in [2.45, 2.75) is 6.18 Å². The zero-order valence-electron chi connectivity index (χ0n) is 8.72. The molecule has 0 aliphatic carbocycles. The van der Waals surface area contributed by atoms with Crippen LogP contribution >= 0.6 is 0 Å². The number of benzene rings is 1. The Morgan fingerprint density at radius 2 is 2.06 bits per heavy atom. The normalized spacial score (nSPS) is 11.5. The zero-order chi connectivity index (χ0) is 13.3. The molecule has 0 saturated heterocycles. The van der Waals surface area contributed by atoms with Crippen LogP contribution in [0.1, 0.15) is 15.9 Å². The summed E-state index contributed by atoms with van der Waals surface area (Å²) in [6.07, 6.45) is -2.08. The van der Waals surface area contributed by atoms with Crippen LogP contribution in [0.3, 0.4) is 0 Å². The molecule has 94 valence electrons. The predicted molar refractivity (Wildman–Crippen MR) is 53.3 cm³/mol. The summed E-state index contributed by atoms with van der Waals surface area (Å²) in [4.78, 5) is 10.7. The Morgan fingerprint density at radius 1 is 1.33 bits per heavy atom. The van der Waals surface area contributed by atoms with Gasteiger partial charge in [0.05, 0.1) is 29.2 Å². The maximum Gasteiger partial charge on any atom is 0.417 e. The molecule has 0 atom stereocenters. The number of alkyl halides is 3. The van der Waals surface area contributed by atoms with E-state index in [1.165, 1.54) is 18.5 Å². The van der Waals surface area contributed by atoms with Crippen molar-refractivity contribution < 1.29 is 23.1 Å². The second-order valence-electron chi connectivity index (χ2n) is 3.38. The molecule has 1 heterocycles. The minimum absolute atomic E-state index is 0.0878. The van der Waals surface area contributed by atoms with E-state index in [4.69, 9.17) is 5.11 Å². The molecule has 1 aromatic carbocycles. The maximum absolute atomic E-state index is 12.7. The quantitative estimate of drug-likeness (QED) is 0.893. The smallest absolute Gasteiger partial charge is 0.417 e. The SMILES string of the molecule is O=C(O)c1ccc(-n2ccnn2)cc1C(F)(F)F. The van der Waals surface area contributed by atoms with E-state index < -0.39 is 23.3 Å². The van der Waals surface area contributed by atoms with E-state index in [1.54, 1.807) is 0 Å². The second kappa shape index (κ2) is 4.13. The molecule has 0 saturated carbocycles. The van der Waals surface area contributed by atoms with Gasteiger partial charge in [-0.15, -0.1) is 5.10 Å². The van der Waals surface area contributed by atoms with Crippen LogP contribution in [0.25, 0.3) is 5.69 Å². The Kier molecular flexibility index (Phi) is 2.77. The fourth-order valence-corrected chi connectivity index (χ4v) is 1.44. The number of aromatic carboxylic acids is 1. The number of rotatable bonds is 2. The topological polar surface area (TPSA) is 68.0 Å². The third kappa shape index (κ3) is 2.17. The molecule has 0 fully saturated rings. The molecule has 0 aliphatic rings. The van der Waals surface area contributed by atoms with E-state index in [2.05, 4.69) is 10.3 Å². The molecule has 5 nitrogen and oxygen atoms in total. The highest BCUT2D eigenvalue weighted by Gasteiger charge is 2.35. The largest absolute Gasteiger partial charge is 0.478 e. The lowest BCUT2D eigenvalue weighted by Crippen LogP contribution is -2.14. The second-order valence-corrected chi connectivity index (χ2v) is 3.38. The number of carboxylic acids is 1. The molecule has 0 unspecified atom stereocenters. The minimum atomic E-state index is -4.75. The van der Waals surface area contributed by atoms with Gasteiger partial charge in [0.15, 0.2) is 0 Å². The first-order valence-corrected chi connectivity index (χ1v) is 4.71. The molecule has 18 heavy (non-hydrogen) atoms. The van der Waals surface area contributed by atoms with E-state index in [1.807, 2.05) is 0 Å². The van der Waals surface area contributed by atoms with Crippen LogP contribution in [-0.4, -0.2) is 26.1 Å². The van der Waals surface area contributed by atoms with Gasteiger partial charge in [-0.05, 0) is 18.2 Å². The molecule has 0 amide bonds. The van der Waals surface area contributed by atoms with Crippen LogP contribution in [0.4, 0.5) is 13.2 Å². The summed E-state index contributed by atoms with van der Waals surface area (Å²) in [5.74, 6) is -1.63. The lowest BCUT2D eigenvalue weighted by Gasteiger charge is -2.11. The molecule has 0 spiro atoms. The Balaban J connectivity index is 2.60. The van der Waals surface area contributed by atoms with Crippen LogP contribution in [0, 0.1) is 0 Å². The first kappa shape index (κ1) is 12.1. The Hall–Kier alpha value is -2.38. The third-order valence-corrected chi connectivity index (χ3v) is 2.23. The fourth-order valence-electron chi connectivity index (χ4n) is 1.44. The highest BCUT2D eigenvalue weighted by molar-refractivity contribution is 5.90. The van der Waals surface area contributed by atoms with Gasteiger partial charge in [0.1, 0.15) is 0 Å². The van der Waals surface area contributed by atoms with Crippen molar-refractivity contribution in [3.8, 4) is 5.69 Å². The average Bonchev–Trinajstić information content (AvgIpc) is 2.80. The molecule has 8 heteroatoms. The lowest BCUT2D eigenvalue weighted by atomic mass is 10.1. The van der Waals surface area contributed by atoms with Crippen LogP contribution < -0.4 is 0 Å². The summed E-state index contributed by atoms with van der Waals surface area (Å²) in [5.41, 5.74) is -1.93. The van der Waals surface area contributed by atoms with Crippen LogP contribution in [0.2, 0.25) is 0 Å². The molecule has 0 aliphatic heterocycles. The predicted octanol–water partition coefficient (Wildman–Crippen LogP) is 1.98. The third-order valence-electron chi connectivity index (χ3n) is 2.23. The van der Waals surface area contributed by atoms with Gasteiger partial charge in [0.25, 0.3) is 0 Å². The summed E-state index contributed by atoms with van der Waals surface area (Å²) in [7, 11) is 0. The molecule has 0 radical (unpaired) electrons. The van der Waals surface area contributed by atoms with Crippen molar-refractivity contribution in [1.82, 2.24) is 15.0 Å². The summed E-state index contributed by atoms with van der Waals surface area (Å²) in [5, 5.41) is 15.7. The van der Waals surface area contributed by atoms with Crippen LogP contribution in [0.5, 0.6) is 0 Å². The molecular formula is C10H6F3N3O2. The number of halogens is 3.